The third kappa shape index (κ3) is 2.81. The quantitative estimate of drug-likeness (QED) is 0.896. The van der Waals surface area contributed by atoms with Crippen LogP contribution in [0.25, 0.3) is 0 Å². The van der Waals surface area contributed by atoms with Crippen molar-refractivity contribution in [1.29, 1.82) is 0 Å². The van der Waals surface area contributed by atoms with Crippen molar-refractivity contribution in [3.8, 4) is 0 Å². The molecule has 0 amide bonds. The monoisotopic (exact) mass is 263 g/mol. The van der Waals surface area contributed by atoms with E-state index in [0.717, 1.165) is 43.9 Å². The Balaban J connectivity index is 2.29. The van der Waals surface area contributed by atoms with E-state index in [2.05, 4.69) is 47.6 Å². The van der Waals surface area contributed by atoms with Gasteiger partial charge in [0.25, 0.3) is 0 Å². The zero-order chi connectivity index (χ0) is 14.0. The number of hydrogen-bond acceptors (Lipinski definition) is 5. The van der Waals surface area contributed by atoms with Crippen molar-refractivity contribution in [2.45, 2.75) is 39.2 Å². The van der Waals surface area contributed by atoms with Crippen LogP contribution in [0, 0.1) is 0 Å². The van der Waals surface area contributed by atoms with Gasteiger partial charge in [0, 0.05) is 30.7 Å². The molecule has 106 valence electrons. The van der Waals surface area contributed by atoms with E-state index >= 15 is 0 Å². The highest BCUT2D eigenvalue weighted by molar-refractivity contribution is 5.57. The van der Waals surface area contributed by atoms with Crippen LogP contribution >= 0.6 is 0 Å². The first-order valence-corrected chi connectivity index (χ1v) is 7.01. The number of aromatic nitrogens is 2. The Bertz CT molecular complexity index is 443. The van der Waals surface area contributed by atoms with Crippen molar-refractivity contribution in [3.05, 3.63) is 11.9 Å². The van der Waals surface area contributed by atoms with Crippen LogP contribution in [0.1, 0.15) is 32.8 Å². The summed E-state index contributed by atoms with van der Waals surface area (Å²) in [5.41, 5.74) is 7.28. The zero-order valence-electron chi connectivity index (χ0n) is 12.5. The molecule has 0 aromatic carbocycles. The summed E-state index contributed by atoms with van der Waals surface area (Å²) >= 11 is 0. The molecular formula is C14H25N5. The van der Waals surface area contributed by atoms with Crippen molar-refractivity contribution < 1.29 is 0 Å². The van der Waals surface area contributed by atoms with Crippen molar-refractivity contribution >= 4 is 11.6 Å². The highest BCUT2D eigenvalue weighted by atomic mass is 15.3. The van der Waals surface area contributed by atoms with E-state index in [1.165, 1.54) is 0 Å². The summed E-state index contributed by atoms with van der Waals surface area (Å²) in [6.45, 7) is 9.70. The summed E-state index contributed by atoms with van der Waals surface area (Å²) in [6.07, 6.45) is 3.58. The molecule has 1 saturated heterocycles. The zero-order valence-corrected chi connectivity index (χ0v) is 12.5. The van der Waals surface area contributed by atoms with E-state index < -0.39 is 0 Å². The molecule has 5 nitrogen and oxygen atoms in total. The molecule has 0 atom stereocenters. The third-order valence-electron chi connectivity index (χ3n) is 4.07. The predicted octanol–water partition coefficient (Wildman–Crippen LogP) is 1.54. The second-order valence-electron chi connectivity index (χ2n) is 5.97. The van der Waals surface area contributed by atoms with Gasteiger partial charge in [-0.05, 0) is 27.3 Å². The van der Waals surface area contributed by atoms with E-state index in [0.29, 0.717) is 5.82 Å². The number of anilines is 2. The summed E-state index contributed by atoms with van der Waals surface area (Å²) < 4.78 is 0. The second-order valence-corrected chi connectivity index (χ2v) is 5.97. The maximum atomic E-state index is 6.02. The molecule has 2 heterocycles. The first-order valence-electron chi connectivity index (χ1n) is 7.01. The highest BCUT2D eigenvalue weighted by Gasteiger charge is 2.32. The maximum absolute atomic E-state index is 6.02. The van der Waals surface area contributed by atoms with Gasteiger partial charge in [0.15, 0.2) is 0 Å². The van der Waals surface area contributed by atoms with Gasteiger partial charge in [-0.3, -0.25) is 4.90 Å². The van der Waals surface area contributed by atoms with E-state index in [4.69, 9.17) is 5.73 Å². The molecule has 0 saturated carbocycles. The summed E-state index contributed by atoms with van der Waals surface area (Å²) in [5.74, 6) is 1.65. The van der Waals surface area contributed by atoms with Gasteiger partial charge in [-0.2, -0.15) is 0 Å². The van der Waals surface area contributed by atoms with Crippen LogP contribution in [-0.4, -0.2) is 47.1 Å². The molecule has 1 fully saturated rings. The molecule has 1 aromatic heterocycles. The standard InChI is InChI=1S/C14H25N5/c1-5-6-11-12(15)16-10-17-13(11)19-8-7-18(4)14(2,3)9-19/h10H,5-9H2,1-4H3,(H2,15,16,17). The Morgan fingerprint density at radius 1 is 1.32 bits per heavy atom. The van der Waals surface area contributed by atoms with Crippen molar-refractivity contribution in [3.63, 3.8) is 0 Å². The number of nitrogens with zero attached hydrogens (tertiary/aromatic N) is 4. The molecule has 0 aliphatic carbocycles. The second kappa shape index (κ2) is 5.33. The van der Waals surface area contributed by atoms with Gasteiger partial charge in [-0.1, -0.05) is 13.3 Å². The fourth-order valence-corrected chi connectivity index (χ4v) is 2.60. The average Bonchev–Trinajstić information content (AvgIpc) is 2.35. The molecule has 1 aromatic rings. The minimum atomic E-state index is 0.154. The SMILES string of the molecule is CCCc1c(N)ncnc1N1CCN(C)C(C)(C)C1. The average molecular weight is 263 g/mol. The number of nitrogens with two attached hydrogens (primary N) is 1. The van der Waals surface area contributed by atoms with Crippen LogP contribution in [0.15, 0.2) is 6.33 Å². The molecule has 0 radical (unpaired) electrons. The molecule has 2 N–H and O–H groups in total. The van der Waals surface area contributed by atoms with Gasteiger partial charge in [0.05, 0.1) is 0 Å². The van der Waals surface area contributed by atoms with Crippen molar-refractivity contribution in [1.82, 2.24) is 14.9 Å². The van der Waals surface area contributed by atoms with Crippen LogP contribution in [0.5, 0.6) is 0 Å². The smallest absolute Gasteiger partial charge is 0.137 e. The summed E-state index contributed by atoms with van der Waals surface area (Å²) in [6, 6.07) is 0. The molecule has 1 aliphatic rings. The Morgan fingerprint density at radius 3 is 2.68 bits per heavy atom. The lowest BCUT2D eigenvalue weighted by Crippen LogP contribution is -2.58. The predicted molar refractivity (Wildman–Crippen MR) is 79.4 cm³/mol. The van der Waals surface area contributed by atoms with Gasteiger partial charge in [-0.15, -0.1) is 0 Å². The largest absolute Gasteiger partial charge is 0.383 e. The fourth-order valence-electron chi connectivity index (χ4n) is 2.60. The third-order valence-corrected chi connectivity index (χ3v) is 4.07. The lowest BCUT2D eigenvalue weighted by molar-refractivity contribution is 0.138. The van der Waals surface area contributed by atoms with Crippen molar-refractivity contribution in [2.24, 2.45) is 0 Å². The normalized spacial score (nSPS) is 19.7. The number of piperazine rings is 1. The number of rotatable bonds is 3. The lowest BCUT2D eigenvalue weighted by Gasteiger charge is -2.46. The fraction of sp³-hybridized carbons (Fsp3) is 0.714. The van der Waals surface area contributed by atoms with Crippen LogP contribution in [-0.2, 0) is 6.42 Å². The minimum Gasteiger partial charge on any atom is -0.383 e. The summed E-state index contributed by atoms with van der Waals surface area (Å²) in [5, 5.41) is 0. The van der Waals surface area contributed by atoms with Gasteiger partial charge < -0.3 is 10.6 Å². The van der Waals surface area contributed by atoms with Gasteiger partial charge in [-0.25, -0.2) is 9.97 Å². The Labute approximate surface area is 115 Å². The molecule has 19 heavy (non-hydrogen) atoms. The minimum absolute atomic E-state index is 0.154. The Morgan fingerprint density at radius 2 is 2.05 bits per heavy atom. The Kier molecular flexibility index (Phi) is 3.94. The van der Waals surface area contributed by atoms with Crippen LogP contribution in [0.4, 0.5) is 11.6 Å². The molecule has 0 spiro atoms. The number of hydrogen-bond donors (Lipinski definition) is 1. The van der Waals surface area contributed by atoms with Gasteiger partial charge >= 0.3 is 0 Å². The molecule has 2 rings (SSSR count). The molecular weight excluding hydrogens is 238 g/mol. The Hall–Kier alpha value is -1.36. The number of likely N-dealkylation sites (N-methyl/N-ethyl adjacent to an activating group) is 1. The molecule has 0 unspecified atom stereocenters. The van der Waals surface area contributed by atoms with Crippen LogP contribution in [0.2, 0.25) is 0 Å². The maximum Gasteiger partial charge on any atom is 0.137 e. The van der Waals surface area contributed by atoms with E-state index in [1.807, 2.05) is 0 Å². The molecule has 5 heteroatoms. The molecule has 1 aliphatic heterocycles. The van der Waals surface area contributed by atoms with Gasteiger partial charge in [0.2, 0.25) is 0 Å². The van der Waals surface area contributed by atoms with E-state index in [-0.39, 0.29) is 5.54 Å². The molecule has 0 bridgehead atoms. The first-order chi connectivity index (χ1) is 8.95. The van der Waals surface area contributed by atoms with Gasteiger partial charge in [0.1, 0.15) is 18.0 Å². The number of nitrogen functional groups attached to an aromatic ring is 1. The van der Waals surface area contributed by atoms with Crippen LogP contribution in [0.3, 0.4) is 0 Å². The lowest BCUT2D eigenvalue weighted by atomic mass is 9.99. The van der Waals surface area contributed by atoms with Crippen molar-refractivity contribution in [2.75, 3.05) is 37.3 Å². The topological polar surface area (TPSA) is 58.3 Å². The van der Waals surface area contributed by atoms with Crippen LogP contribution < -0.4 is 10.6 Å². The summed E-state index contributed by atoms with van der Waals surface area (Å²) in [7, 11) is 2.18. The van der Waals surface area contributed by atoms with E-state index in [9.17, 15) is 0 Å². The summed E-state index contributed by atoms with van der Waals surface area (Å²) in [4.78, 5) is 13.4. The van der Waals surface area contributed by atoms with E-state index in [1.54, 1.807) is 6.33 Å². The first kappa shape index (κ1) is 14.1. The highest BCUT2D eigenvalue weighted by Crippen LogP contribution is 2.28.